The van der Waals surface area contributed by atoms with E-state index in [-0.39, 0.29) is 5.97 Å². The number of anilines is 1. The zero-order valence-electron chi connectivity index (χ0n) is 8.85. The normalized spacial score (nSPS) is 18.7. The fourth-order valence-electron chi connectivity index (χ4n) is 1.98. The second kappa shape index (κ2) is 4.67. The first-order valence-corrected chi connectivity index (χ1v) is 5.66. The third-order valence-corrected chi connectivity index (χ3v) is 3.06. The molecule has 0 saturated carbocycles. The molecule has 0 amide bonds. The molecular formula is C12H14NO2P. The third kappa shape index (κ3) is 2.10. The molecule has 0 radical (unpaired) electrons. The van der Waals surface area contributed by atoms with Crippen LogP contribution in [0.4, 0.5) is 5.69 Å². The molecule has 1 aromatic carbocycles. The summed E-state index contributed by atoms with van der Waals surface area (Å²) in [7, 11) is 1.96. The highest BCUT2D eigenvalue weighted by molar-refractivity contribution is 7.10. The second-order valence-electron chi connectivity index (χ2n) is 3.86. The Balaban J connectivity index is 2.36. The van der Waals surface area contributed by atoms with Crippen molar-refractivity contribution in [2.24, 2.45) is 0 Å². The van der Waals surface area contributed by atoms with Crippen LogP contribution in [0, 0.1) is 0 Å². The molecule has 1 aliphatic carbocycles. The van der Waals surface area contributed by atoms with Crippen molar-refractivity contribution in [2.45, 2.75) is 18.8 Å². The van der Waals surface area contributed by atoms with Crippen molar-refractivity contribution in [1.82, 2.24) is 0 Å². The van der Waals surface area contributed by atoms with Crippen LogP contribution in [0.15, 0.2) is 30.4 Å². The van der Waals surface area contributed by atoms with Gasteiger partial charge in [0.2, 0.25) is 0 Å². The molecule has 1 aromatic rings. The van der Waals surface area contributed by atoms with Crippen LogP contribution in [0.25, 0.3) is 0 Å². The number of benzene rings is 1. The van der Waals surface area contributed by atoms with Crippen LogP contribution in [-0.2, 0) is 4.52 Å². The lowest BCUT2D eigenvalue weighted by atomic mass is 9.95. The zero-order valence-corrected chi connectivity index (χ0v) is 10.0. The van der Waals surface area contributed by atoms with E-state index in [1.165, 1.54) is 0 Å². The summed E-state index contributed by atoms with van der Waals surface area (Å²) in [5.41, 5.74) is 8.21. The SMILES string of the molecule is Nc1ccc(C(=O)OP)cc1C1C=CCC1. The molecule has 1 aliphatic rings. The van der Waals surface area contributed by atoms with Gasteiger partial charge in [-0.1, -0.05) is 12.2 Å². The highest BCUT2D eigenvalue weighted by Crippen LogP contribution is 2.32. The molecule has 0 fully saturated rings. The van der Waals surface area contributed by atoms with E-state index in [1.807, 2.05) is 15.5 Å². The van der Waals surface area contributed by atoms with Gasteiger partial charge in [0, 0.05) is 11.6 Å². The number of nitrogen functional groups attached to an aromatic ring is 1. The Labute approximate surface area is 97.0 Å². The Morgan fingerprint density at radius 3 is 2.94 bits per heavy atom. The van der Waals surface area contributed by atoms with Gasteiger partial charge in [-0.05, 0) is 36.6 Å². The zero-order chi connectivity index (χ0) is 11.5. The van der Waals surface area contributed by atoms with E-state index < -0.39 is 0 Å². The molecule has 2 atom stereocenters. The maximum Gasteiger partial charge on any atom is 0.340 e. The van der Waals surface area contributed by atoms with Crippen molar-refractivity contribution in [3.63, 3.8) is 0 Å². The predicted octanol–water partition coefficient (Wildman–Crippen LogP) is 2.65. The molecule has 4 heteroatoms. The van der Waals surface area contributed by atoms with E-state index in [4.69, 9.17) is 5.73 Å². The van der Waals surface area contributed by atoms with Crippen LogP contribution in [0.1, 0.15) is 34.7 Å². The minimum atomic E-state index is -0.353. The molecule has 0 aliphatic heterocycles. The molecule has 0 bridgehead atoms. The number of nitrogens with two attached hydrogens (primary N) is 1. The molecule has 0 saturated heterocycles. The van der Waals surface area contributed by atoms with Gasteiger partial charge in [0.1, 0.15) is 0 Å². The topological polar surface area (TPSA) is 52.3 Å². The number of carbonyl (C=O) groups excluding carboxylic acids is 1. The van der Waals surface area contributed by atoms with Crippen LogP contribution in [0.2, 0.25) is 0 Å². The summed E-state index contributed by atoms with van der Waals surface area (Å²) in [6, 6.07) is 5.27. The van der Waals surface area contributed by atoms with Crippen LogP contribution in [0.5, 0.6) is 0 Å². The Morgan fingerprint density at radius 1 is 1.50 bits per heavy atom. The summed E-state index contributed by atoms with van der Waals surface area (Å²) < 4.78 is 4.61. The molecular weight excluding hydrogens is 221 g/mol. The van der Waals surface area contributed by atoms with Crippen molar-refractivity contribution in [2.75, 3.05) is 5.73 Å². The fraction of sp³-hybridized carbons (Fsp3) is 0.250. The Bertz CT molecular complexity index is 443. The van der Waals surface area contributed by atoms with Gasteiger partial charge in [-0.3, -0.25) is 0 Å². The van der Waals surface area contributed by atoms with Crippen LogP contribution in [-0.4, -0.2) is 5.97 Å². The summed E-state index contributed by atoms with van der Waals surface area (Å²) in [6.07, 6.45) is 6.41. The van der Waals surface area contributed by atoms with Gasteiger partial charge in [-0.2, -0.15) is 0 Å². The molecule has 0 aromatic heterocycles. The first-order chi connectivity index (χ1) is 7.72. The second-order valence-corrected chi connectivity index (χ2v) is 4.10. The fourth-order valence-corrected chi connectivity index (χ4v) is 2.12. The van der Waals surface area contributed by atoms with Crippen molar-refractivity contribution < 1.29 is 9.32 Å². The van der Waals surface area contributed by atoms with Gasteiger partial charge < -0.3 is 10.3 Å². The van der Waals surface area contributed by atoms with E-state index in [2.05, 4.69) is 16.7 Å². The minimum absolute atomic E-state index is 0.331. The lowest BCUT2D eigenvalue weighted by molar-refractivity contribution is 0.0765. The van der Waals surface area contributed by atoms with Gasteiger partial charge in [-0.15, -0.1) is 0 Å². The van der Waals surface area contributed by atoms with Gasteiger partial charge >= 0.3 is 5.97 Å². The summed E-state index contributed by atoms with van der Waals surface area (Å²) >= 11 is 0. The van der Waals surface area contributed by atoms with Gasteiger partial charge in [0.25, 0.3) is 0 Å². The molecule has 0 heterocycles. The Kier molecular flexibility index (Phi) is 3.25. The number of hydrogen-bond donors (Lipinski definition) is 1. The summed E-state index contributed by atoms with van der Waals surface area (Å²) in [4.78, 5) is 11.4. The smallest absolute Gasteiger partial charge is 0.340 e. The number of rotatable bonds is 2. The molecule has 2 unspecified atom stereocenters. The largest absolute Gasteiger partial charge is 0.448 e. The van der Waals surface area contributed by atoms with E-state index >= 15 is 0 Å². The average molecular weight is 235 g/mol. The van der Waals surface area contributed by atoms with Crippen molar-refractivity contribution in [1.29, 1.82) is 0 Å². The third-order valence-electron chi connectivity index (χ3n) is 2.84. The first-order valence-electron chi connectivity index (χ1n) is 5.19. The summed E-state index contributed by atoms with van der Waals surface area (Å²) in [5, 5.41) is 0. The van der Waals surface area contributed by atoms with Crippen molar-refractivity contribution in [3.05, 3.63) is 41.5 Å². The van der Waals surface area contributed by atoms with Gasteiger partial charge in [0.05, 0.1) is 15.0 Å². The lowest BCUT2D eigenvalue weighted by Crippen LogP contribution is -2.03. The predicted molar refractivity (Wildman–Crippen MR) is 67.1 cm³/mol. The van der Waals surface area contributed by atoms with Crippen molar-refractivity contribution >= 4 is 21.1 Å². The van der Waals surface area contributed by atoms with Crippen molar-refractivity contribution in [3.8, 4) is 0 Å². The number of carbonyl (C=O) groups is 1. The molecule has 2 rings (SSSR count). The highest BCUT2D eigenvalue weighted by Gasteiger charge is 2.16. The lowest BCUT2D eigenvalue weighted by Gasteiger charge is -2.12. The van der Waals surface area contributed by atoms with E-state index in [9.17, 15) is 4.79 Å². The molecule has 16 heavy (non-hydrogen) atoms. The summed E-state index contributed by atoms with van der Waals surface area (Å²) in [5.74, 6) is -0.0227. The van der Waals surface area contributed by atoms with Crippen LogP contribution < -0.4 is 5.73 Å². The molecule has 3 nitrogen and oxygen atoms in total. The molecule has 0 spiro atoms. The quantitative estimate of drug-likeness (QED) is 0.487. The monoisotopic (exact) mass is 235 g/mol. The van der Waals surface area contributed by atoms with E-state index in [0.717, 1.165) is 24.1 Å². The summed E-state index contributed by atoms with van der Waals surface area (Å²) in [6.45, 7) is 0. The molecule has 84 valence electrons. The van der Waals surface area contributed by atoms with Crippen LogP contribution in [0.3, 0.4) is 0 Å². The van der Waals surface area contributed by atoms with Gasteiger partial charge in [0.15, 0.2) is 0 Å². The maximum atomic E-state index is 11.4. The number of allylic oxidation sites excluding steroid dienone is 2. The minimum Gasteiger partial charge on any atom is -0.448 e. The Morgan fingerprint density at radius 2 is 2.31 bits per heavy atom. The van der Waals surface area contributed by atoms with E-state index in [1.54, 1.807) is 12.1 Å². The van der Waals surface area contributed by atoms with Gasteiger partial charge in [-0.25, -0.2) is 4.79 Å². The molecule has 2 N–H and O–H groups in total. The Hall–Kier alpha value is -1.34. The average Bonchev–Trinajstić information content (AvgIpc) is 2.82. The van der Waals surface area contributed by atoms with E-state index in [0.29, 0.717) is 11.5 Å². The number of hydrogen-bond acceptors (Lipinski definition) is 3. The highest BCUT2D eigenvalue weighted by atomic mass is 31.0. The standard InChI is InChI=1S/C12H14NO2P/c13-11-6-5-9(12(14)15-16)7-10(11)8-3-1-2-4-8/h1,3,5-8H,2,4,13,16H2. The first kappa shape index (κ1) is 11.2. The maximum absolute atomic E-state index is 11.4. The van der Waals surface area contributed by atoms with Crippen LogP contribution >= 0.6 is 9.47 Å².